The van der Waals surface area contributed by atoms with Crippen molar-refractivity contribution in [1.29, 1.82) is 0 Å². The van der Waals surface area contributed by atoms with E-state index in [4.69, 9.17) is 0 Å². The van der Waals surface area contributed by atoms with Crippen LogP contribution in [0.5, 0.6) is 0 Å². The first-order valence-electron chi connectivity index (χ1n) is 8.68. The number of unbranched alkanes of at least 4 members (excludes halogenated alkanes) is 1. The third-order valence-corrected chi connectivity index (χ3v) is 32.3. The van der Waals surface area contributed by atoms with Gasteiger partial charge in [-0.25, -0.2) is 0 Å². The molecule has 0 nitrogen and oxygen atoms in total. The van der Waals surface area contributed by atoms with Crippen molar-refractivity contribution in [3.05, 3.63) is 91.0 Å². The van der Waals surface area contributed by atoms with Crippen molar-refractivity contribution < 1.29 is 0 Å². The summed E-state index contributed by atoms with van der Waals surface area (Å²) in [6, 6.07) is 33.8. The summed E-state index contributed by atoms with van der Waals surface area (Å²) >= 11 is -3.18. The fraction of sp³-hybridized carbons (Fsp3) is 0.182. The van der Waals surface area contributed by atoms with E-state index in [-0.39, 0.29) is 0 Å². The number of benzene rings is 3. The van der Waals surface area contributed by atoms with Crippen molar-refractivity contribution in [2.75, 3.05) is 5.75 Å². The van der Waals surface area contributed by atoms with Crippen molar-refractivity contribution in [3.8, 4) is 0 Å². The number of hydrogen-bond acceptors (Lipinski definition) is 1. The third-order valence-electron chi connectivity index (χ3n) is 4.36. The van der Waals surface area contributed by atoms with Gasteiger partial charge in [0.25, 0.3) is 0 Å². The third kappa shape index (κ3) is 3.78. The van der Waals surface area contributed by atoms with Crippen LogP contribution < -0.4 is 9.37 Å². The molecule has 0 aliphatic heterocycles. The van der Waals surface area contributed by atoms with Gasteiger partial charge in [-0.1, -0.05) is 0 Å². The first-order valence-corrected chi connectivity index (χ1v) is 20.3. The minimum atomic E-state index is -3.18. The van der Waals surface area contributed by atoms with E-state index in [1.165, 1.54) is 18.6 Å². The summed E-state index contributed by atoms with van der Waals surface area (Å²) in [6.07, 6.45) is 2.55. The molecule has 0 radical (unpaired) electrons. The number of rotatable bonds is 7. The summed E-state index contributed by atoms with van der Waals surface area (Å²) in [7, 11) is 2.28. The van der Waals surface area contributed by atoms with Crippen LogP contribution in [0.4, 0.5) is 0 Å². The fourth-order valence-corrected chi connectivity index (χ4v) is 30.7. The van der Waals surface area contributed by atoms with Crippen LogP contribution >= 0.6 is 8.31 Å². The first-order chi connectivity index (χ1) is 11.9. The molecule has 0 unspecified atom stereocenters. The Labute approximate surface area is 153 Å². The summed E-state index contributed by atoms with van der Waals surface area (Å²) in [5.41, 5.74) is 0. The van der Waals surface area contributed by atoms with E-state index in [9.17, 15) is 0 Å². The molecule has 24 heavy (non-hydrogen) atoms. The molecule has 0 N–H and O–H groups in total. The molecule has 0 aliphatic rings. The molecular formula is C22H24PbS. The van der Waals surface area contributed by atoms with Gasteiger partial charge in [0, 0.05) is 0 Å². The van der Waals surface area contributed by atoms with E-state index >= 15 is 0 Å². The average Bonchev–Trinajstić information content (AvgIpc) is 2.68. The molecule has 0 aliphatic carbocycles. The Morgan fingerprint density at radius 1 is 0.625 bits per heavy atom. The van der Waals surface area contributed by atoms with Crippen molar-refractivity contribution in [2.45, 2.75) is 19.8 Å². The Hall–Kier alpha value is -1.07. The van der Waals surface area contributed by atoms with E-state index in [0.29, 0.717) is 0 Å². The zero-order chi connectivity index (χ0) is 16.7. The molecule has 0 saturated carbocycles. The molecule has 0 fully saturated rings. The zero-order valence-corrected chi connectivity index (χ0v) is 18.9. The summed E-state index contributed by atoms with van der Waals surface area (Å²) in [4.78, 5) is 0. The summed E-state index contributed by atoms with van der Waals surface area (Å²) in [5.74, 6) is 1.25. The van der Waals surface area contributed by atoms with E-state index in [2.05, 4.69) is 106 Å². The standard InChI is InChI=1S/3C6H5.C4H10S.Pb/c3*1-2-4-6-5-3-1;1-2-3-4-5;/h3*1-5H;5H,2-4H2,1H3;/q;;;;+1/p-1. The van der Waals surface area contributed by atoms with Crippen LogP contribution in [-0.2, 0) is 0 Å². The van der Waals surface area contributed by atoms with Crippen molar-refractivity contribution in [2.24, 2.45) is 0 Å². The van der Waals surface area contributed by atoms with Crippen LogP contribution in [0, 0.1) is 0 Å². The van der Waals surface area contributed by atoms with Gasteiger partial charge in [0.1, 0.15) is 0 Å². The minimum absolute atomic E-state index is 1.25. The predicted octanol–water partition coefficient (Wildman–Crippen LogP) is 4.19. The summed E-state index contributed by atoms with van der Waals surface area (Å²) < 4.78 is 4.72. The Balaban J connectivity index is 2.20. The Kier molecular flexibility index (Phi) is 6.55. The molecular weight excluding hydrogens is 504 g/mol. The van der Waals surface area contributed by atoms with Gasteiger partial charge in [0.2, 0.25) is 0 Å². The summed E-state index contributed by atoms with van der Waals surface area (Å²) in [6.45, 7) is 2.28. The Morgan fingerprint density at radius 2 is 1.00 bits per heavy atom. The van der Waals surface area contributed by atoms with Crippen LogP contribution in [0.15, 0.2) is 91.0 Å². The van der Waals surface area contributed by atoms with Gasteiger partial charge in [0.05, 0.1) is 0 Å². The second-order valence-electron chi connectivity index (χ2n) is 5.98. The van der Waals surface area contributed by atoms with E-state index in [1.807, 2.05) is 0 Å². The van der Waals surface area contributed by atoms with E-state index in [1.54, 1.807) is 9.37 Å². The second kappa shape index (κ2) is 8.86. The van der Waals surface area contributed by atoms with E-state index < -0.39 is 19.7 Å². The predicted molar refractivity (Wildman–Crippen MR) is 111 cm³/mol. The molecule has 3 aromatic carbocycles. The maximum atomic E-state index is 2.36. The van der Waals surface area contributed by atoms with Gasteiger partial charge < -0.3 is 0 Å². The molecule has 0 heterocycles. The Morgan fingerprint density at radius 3 is 1.33 bits per heavy atom. The van der Waals surface area contributed by atoms with Gasteiger partial charge in [-0.3, -0.25) is 0 Å². The van der Waals surface area contributed by atoms with Crippen LogP contribution in [0.3, 0.4) is 0 Å². The topological polar surface area (TPSA) is 0 Å². The van der Waals surface area contributed by atoms with Gasteiger partial charge >= 0.3 is 154 Å². The summed E-state index contributed by atoms with van der Waals surface area (Å²) in [5, 5.41) is 0. The van der Waals surface area contributed by atoms with Crippen molar-refractivity contribution >= 4 is 37.4 Å². The molecule has 0 saturated heterocycles. The van der Waals surface area contributed by atoms with Crippen molar-refractivity contribution in [3.63, 3.8) is 0 Å². The zero-order valence-electron chi connectivity index (χ0n) is 14.2. The molecule has 0 spiro atoms. The maximum absolute atomic E-state index is 3.18. The molecule has 2 heteroatoms. The van der Waals surface area contributed by atoms with Gasteiger partial charge in [-0.05, 0) is 0 Å². The number of hydrogen-bond donors (Lipinski definition) is 0. The van der Waals surface area contributed by atoms with Crippen LogP contribution in [0.25, 0.3) is 0 Å². The quantitative estimate of drug-likeness (QED) is 0.328. The average molecular weight is 528 g/mol. The van der Waals surface area contributed by atoms with Crippen molar-refractivity contribution in [1.82, 2.24) is 0 Å². The first kappa shape index (κ1) is 17.7. The monoisotopic (exact) mass is 528 g/mol. The molecule has 3 aromatic rings. The van der Waals surface area contributed by atoms with Gasteiger partial charge in [-0.15, -0.1) is 0 Å². The van der Waals surface area contributed by atoms with Crippen LogP contribution in [0.1, 0.15) is 19.8 Å². The second-order valence-corrected chi connectivity index (χ2v) is 27.4. The van der Waals surface area contributed by atoms with Crippen LogP contribution in [-0.4, -0.2) is 25.4 Å². The Bertz CT molecular complexity index is 629. The molecule has 0 aromatic heterocycles. The molecule has 0 bridgehead atoms. The van der Waals surface area contributed by atoms with Crippen LogP contribution in [0.2, 0.25) is 0 Å². The molecule has 0 amide bonds. The molecule has 3 rings (SSSR count). The molecule has 122 valence electrons. The van der Waals surface area contributed by atoms with E-state index in [0.717, 1.165) is 0 Å². The van der Waals surface area contributed by atoms with Gasteiger partial charge in [0.15, 0.2) is 0 Å². The molecule has 0 atom stereocenters. The SMILES string of the molecule is CCCC[S][Pb]([c]1ccccc1)([c]1ccccc1)[c]1ccccc1. The van der Waals surface area contributed by atoms with Gasteiger partial charge in [-0.2, -0.15) is 0 Å². The normalized spacial score (nSPS) is 11.4. The fourth-order valence-electron chi connectivity index (χ4n) is 3.14.